The van der Waals surface area contributed by atoms with E-state index < -0.39 is 11.5 Å². The maximum atomic E-state index is 12.0. The van der Waals surface area contributed by atoms with Crippen LogP contribution in [0.25, 0.3) is 0 Å². The minimum atomic E-state index is -0.829. The summed E-state index contributed by atoms with van der Waals surface area (Å²) in [6, 6.07) is 9.69. The van der Waals surface area contributed by atoms with Crippen LogP contribution < -0.4 is 0 Å². The predicted octanol–water partition coefficient (Wildman–Crippen LogP) is 2.72. The van der Waals surface area contributed by atoms with Gasteiger partial charge in [-0.05, 0) is 37.4 Å². The molecule has 0 amide bonds. The fourth-order valence-corrected chi connectivity index (χ4v) is 3.03. The summed E-state index contributed by atoms with van der Waals surface area (Å²) in [5, 5.41) is 9.88. The Hall–Kier alpha value is -1.35. The maximum Gasteiger partial charge on any atom is 0.329 e. The van der Waals surface area contributed by atoms with E-state index in [1.54, 1.807) is 0 Å². The van der Waals surface area contributed by atoms with E-state index in [1.807, 2.05) is 44.2 Å². The molecule has 1 aliphatic rings. The quantitative estimate of drug-likeness (QED) is 0.840. The number of nitrogens with zero attached hydrogens (tertiary/aromatic N) is 1. The second kappa shape index (κ2) is 5.11. The summed E-state index contributed by atoms with van der Waals surface area (Å²) in [6.45, 7) is 5.58. The lowest BCUT2D eigenvalue weighted by atomic mass is 9.83. The van der Waals surface area contributed by atoms with Gasteiger partial charge < -0.3 is 5.11 Å². The predicted molar refractivity (Wildman–Crippen MR) is 71.4 cm³/mol. The highest BCUT2D eigenvalue weighted by molar-refractivity contribution is 5.82. The van der Waals surface area contributed by atoms with Gasteiger partial charge in [-0.3, -0.25) is 4.90 Å². The molecule has 18 heavy (non-hydrogen) atoms. The highest BCUT2D eigenvalue weighted by atomic mass is 16.4. The minimum absolute atomic E-state index is 0.247. The van der Waals surface area contributed by atoms with Crippen LogP contribution in [0, 0.1) is 5.92 Å². The summed E-state index contributed by atoms with van der Waals surface area (Å²) in [7, 11) is 0. The summed E-state index contributed by atoms with van der Waals surface area (Å²) in [5.41, 5.74) is 0.0915. The van der Waals surface area contributed by atoms with Crippen molar-refractivity contribution in [2.45, 2.75) is 32.2 Å². The number of aliphatic carboxylic acids is 1. The number of hydrogen-bond acceptors (Lipinski definition) is 2. The molecule has 98 valence electrons. The summed E-state index contributed by atoms with van der Waals surface area (Å²) >= 11 is 0. The smallest absolute Gasteiger partial charge is 0.329 e. The molecule has 0 bridgehead atoms. The highest BCUT2D eigenvalue weighted by Crippen LogP contribution is 2.49. The van der Waals surface area contributed by atoms with Gasteiger partial charge in [0.2, 0.25) is 0 Å². The van der Waals surface area contributed by atoms with E-state index in [1.165, 1.54) is 0 Å². The first-order chi connectivity index (χ1) is 8.67. The van der Waals surface area contributed by atoms with Crippen molar-refractivity contribution < 1.29 is 9.90 Å². The van der Waals surface area contributed by atoms with Gasteiger partial charge in [0.1, 0.15) is 5.54 Å². The SMILES string of the molecule is CCN(CC)C(C(=O)O)(c1ccccc1)C1CC1. The number of carboxylic acids is 1. The summed E-state index contributed by atoms with van der Waals surface area (Å²) in [4.78, 5) is 14.1. The van der Waals surface area contributed by atoms with Gasteiger partial charge in [0.15, 0.2) is 0 Å². The lowest BCUT2D eigenvalue weighted by molar-refractivity contribution is -0.154. The van der Waals surface area contributed by atoms with Gasteiger partial charge in [-0.1, -0.05) is 44.2 Å². The number of rotatable bonds is 6. The van der Waals surface area contributed by atoms with E-state index in [9.17, 15) is 9.90 Å². The molecule has 1 aromatic carbocycles. The lowest BCUT2D eigenvalue weighted by Crippen LogP contribution is -2.53. The van der Waals surface area contributed by atoms with E-state index >= 15 is 0 Å². The zero-order valence-electron chi connectivity index (χ0n) is 11.1. The molecule has 0 aromatic heterocycles. The zero-order chi connectivity index (χ0) is 13.2. The Morgan fingerprint density at radius 2 is 1.83 bits per heavy atom. The molecule has 1 aromatic rings. The van der Waals surface area contributed by atoms with Crippen LogP contribution in [0.15, 0.2) is 30.3 Å². The molecule has 3 nitrogen and oxygen atoms in total. The lowest BCUT2D eigenvalue weighted by Gasteiger charge is -2.40. The summed E-state index contributed by atoms with van der Waals surface area (Å²) in [6.07, 6.45) is 2.02. The molecular formula is C15H21NO2. The van der Waals surface area contributed by atoms with Crippen LogP contribution in [-0.4, -0.2) is 29.1 Å². The topological polar surface area (TPSA) is 40.5 Å². The minimum Gasteiger partial charge on any atom is -0.480 e. The van der Waals surface area contributed by atoms with E-state index in [2.05, 4.69) is 4.90 Å². The van der Waals surface area contributed by atoms with Crippen LogP contribution in [0.2, 0.25) is 0 Å². The van der Waals surface area contributed by atoms with E-state index in [4.69, 9.17) is 0 Å². The van der Waals surface area contributed by atoms with Gasteiger partial charge in [0, 0.05) is 0 Å². The third-order valence-electron chi connectivity index (χ3n) is 3.97. The average Bonchev–Trinajstić information content (AvgIpc) is 3.21. The van der Waals surface area contributed by atoms with Gasteiger partial charge in [-0.15, -0.1) is 0 Å². The molecule has 0 heterocycles. The van der Waals surface area contributed by atoms with Crippen LogP contribution >= 0.6 is 0 Å². The number of likely N-dealkylation sites (N-methyl/N-ethyl adjacent to an activating group) is 1. The molecule has 1 fully saturated rings. The van der Waals surface area contributed by atoms with Crippen molar-refractivity contribution in [1.82, 2.24) is 4.90 Å². The molecule has 1 aliphatic carbocycles. The van der Waals surface area contributed by atoms with Crippen molar-refractivity contribution in [3.63, 3.8) is 0 Å². The molecule has 0 spiro atoms. The molecule has 1 N–H and O–H groups in total. The largest absolute Gasteiger partial charge is 0.480 e. The van der Waals surface area contributed by atoms with E-state index in [-0.39, 0.29) is 5.92 Å². The van der Waals surface area contributed by atoms with Gasteiger partial charge in [0.25, 0.3) is 0 Å². The van der Waals surface area contributed by atoms with Crippen molar-refractivity contribution in [3.8, 4) is 0 Å². The fourth-order valence-electron chi connectivity index (χ4n) is 3.03. The molecule has 0 saturated heterocycles. The number of carbonyl (C=O) groups is 1. The molecule has 2 rings (SSSR count). The molecule has 1 atom stereocenters. The first-order valence-electron chi connectivity index (χ1n) is 6.71. The molecular weight excluding hydrogens is 226 g/mol. The van der Waals surface area contributed by atoms with Crippen molar-refractivity contribution >= 4 is 5.97 Å². The average molecular weight is 247 g/mol. The van der Waals surface area contributed by atoms with Crippen molar-refractivity contribution in [2.75, 3.05) is 13.1 Å². The van der Waals surface area contributed by atoms with Crippen molar-refractivity contribution in [3.05, 3.63) is 35.9 Å². The standard InChI is InChI=1S/C15H21NO2/c1-3-16(4-2)15(14(17)18,13-10-11-13)12-8-6-5-7-9-12/h5-9,13H,3-4,10-11H2,1-2H3,(H,17,18). The Kier molecular flexibility index (Phi) is 3.71. The van der Waals surface area contributed by atoms with Gasteiger partial charge in [-0.25, -0.2) is 4.79 Å². The second-order valence-corrected chi connectivity index (χ2v) is 4.88. The van der Waals surface area contributed by atoms with Crippen molar-refractivity contribution in [1.29, 1.82) is 0 Å². The van der Waals surface area contributed by atoms with Gasteiger partial charge >= 0.3 is 5.97 Å². The normalized spacial score (nSPS) is 18.6. The van der Waals surface area contributed by atoms with Crippen LogP contribution in [-0.2, 0) is 10.3 Å². The Morgan fingerprint density at radius 3 is 2.22 bits per heavy atom. The Labute approximate surface area is 108 Å². The first kappa shape index (κ1) is 13.1. The van der Waals surface area contributed by atoms with Crippen LogP contribution in [0.4, 0.5) is 0 Å². The number of benzene rings is 1. The number of carboxylic acid groups (broad SMARTS) is 1. The Balaban J connectivity index is 2.53. The third kappa shape index (κ3) is 1.93. The van der Waals surface area contributed by atoms with Crippen LogP contribution in [0.3, 0.4) is 0 Å². The molecule has 0 aliphatic heterocycles. The van der Waals surface area contributed by atoms with Gasteiger partial charge in [0.05, 0.1) is 0 Å². The Morgan fingerprint density at radius 1 is 1.28 bits per heavy atom. The van der Waals surface area contributed by atoms with E-state index in [0.717, 1.165) is 31.5 Å². The molecule has 3 heteroatoms. The third-order valence-corrected chi connectivity index (χ3v) is 3.97. The molecule has 0 radical (unpaired) electrons. The monoisotopic (exact) mass is 247 g/mol. The second-order valence-electron chi connectivity index (χ2n) is 4.88. The summed E-state index contributed by atoms with van der Waals surface area (Å²) in [5.74, 6) is -0.461. The van der Waals surface area contributed by atoms with Gasteiger partial charge in [-0.2, -0.15) is 0 Å². The first-order valence-corrected chi connectivity index (χ1v) is 6.71. The number of hydrogen-bond donors (Lipinski definition) is 1. The molecule has 1 unspecified atom stereocenters. The summed E-state index contributed by atoms with van der Waals surface area (Å²) < 4.78 is 0. The zero-order valence-corrected chi connectivity index (χ0v) is 11.1. The van der Waals surface area contributed by atoms with E-state index in [0.29, 0.717) is 0 Å². The molecule has 1 saturated carbocycles. The van der Waals surface area contributed by atoms with Crippen molar-refractivity contribution in [2.24, 2.45) is 5.92 Å². The fraction of sp³-hybridized carbons (Fsp3) is 0.533. The van der Waals surface area contributed by atoms with Crippen LogP contribution in [0.5, 0.6) is 0 Å². The maximum absolute atomic E-state index is 12.0. The highest BCUT2D eigenvalue weighted by Gasteiger charge is 2.55. The Bertz CT molecular complexity index is 410. The van der Waals surface area contributed by atoms with Crippen LogP contribution in [0.1, 0.15) is 32.3 Å².